The molecule has 0 saturated carbocycles. The molecular weight excluding hydrogens is 376 g/mol. The van der Waals surface area contributed by atoms with Gasteiger partial charge in [0.05, 0.1) is 16.8 Å². The van der Waals surface area contributed by atoms with E-state index in [2.05, 4.69) is 4.72 Å². The highest BCUT2D eigenvalue weighted by atomic mass is 32.2. The van der Waals surface area contributed by atoms with Gasteiger partial charge in [-0.2, -0.15) is 0 Å². The molecule has 0 unspecified atom stereocenters. The molecule has 6 nitrogen and oxygen atoms in total. The van der Waals surface area contributed by atoms with Crippen molar-refractivity contribution in [1.82, 2.24) is 0 Å². The number of fused-ring (bicyclic) bond motifs is 1. The van der Waals surface area contributed by atoms with Crippen molar-refractivity contribution in [3.8, 4) is 0 Å². The second-order valence-electron chi connectivity index (χ2n) is 6.88. The van der Waals surface area contributed by atoms with Gasteiger partial charge in [-0.25, -0.2) is 8.42 Å². The molecule has 0 saturated heterocycles. The normalized spacial score (nSPS) is 13.4. The van der Waals surface area contributed by atoms with Crippen LogP contribution < -0.4 is 9.62 Å². The minimum Gasteiger partial charge on any atom is -0.459 e. The predicted molar refractivity (Wildman–Crippen MR) is 107 cm³/mol. The van der Waals surface area contributed by atoms with Crippen molar-refractivity contribution in [3.05, 3.63) is 77.2 Å². The Hall–Kier alpha value is -3.06. The number of hydrogen-bond acceptors (Lipinski definition) is 4. The quantitative estimate of drug-likeness (QED) is 0.725. The maximum Gasteiger partial charge on any atom is 0.293 e. The van der Waals surface area contributed by atoms with Crippen LogP contribution in [0.25, 0.3) is 0 Å². The van der Waals surface area contributed by atoms with Crippen LogP contribution in [0.3, 0.4) is 0 Å². The lowest BCUT2D eigenvalue weighted by atomic mass is 10.1. The van der Waals surface area contributed by atoms with Gasteiger partial charge in [-0.15, -0.1) is 0 Å². The number of hydrogen-bond donors (Lipinski definition) is 1. The summed E-state index contributed by atoms with van der Waals surface area (Å²) in [4.78, 5) is 14.5. The average molecular weight is 396 g/mol. The monoisotopic (exact) mass is 396 g/mol. The lowest BCUT2D eigenvalue weighted by Gasteiger charge is -2.17. The third kappa shape index (κ3) is 3.29. The summed E-state index contributed by atoms with van der Waals surface area (Å²) in [7, 11) is -3.72. The van der Waals surface area contributed by atoms with Crippen molar-refractivity contribution in [1.29, 1.82) is 0 Å². The van der Waals surface area contributed by atoms with E-state index in [0.717, 1.165) is 16.7 Å². The summed E-state index contributed by atoms with van der Waals surface area (Å²) < 4.78 is 33.3. The summed E-state index contributed by atoms with van der Waals surface area (Å²) in [5.74, 6) is 0.0203. The van der Waals surface area contributed by atoms with Crippen LogP contribution in [-0.2, 0) is 16.4 Å². The first-order chi connectivity index (χ1) is 13.3. The molecule has 4 rings (SSSR count). The molecule has 0 atom stereocenters. The number of nitrogens with one attached hydrogen (secondary N) is 1. The van der Waals surface area contributed by atoms with Gasteiger partial charge in [0.15, 0.2) is 5.76 Å². The highest BCUT2D eigenvalue weighted by Gasteiger charge is 2.28. The van der Waals surface area contributed by atoms with Crippen molar-refractivity contribution < 1.29 is 17.6 Å². The lowest BCUT2D eigenvalue weighted by Crippen LogP contribution is -2.28. The van der Waals surface area contributed by atoms with E-state index in [4.69, 9.17) is 4.42 Å². The third-order valence-electron chi connectivity index (χ3n) is 5.00. The Morgan fingerprint density at radius 3 is 2.61 bits per heavy atom. The van der Waals surface area contributed by atoms with Gasteiger partial charge >= 0.3 is 0 Å². The maximum atomic E-state index is 12.8. The number of nitrogens with zero attached hydrogens (tertiary/aromatic N) is 1. The summed E-state index contributed by atoms with van der Waals surface area (Å²) >= 11 is 0. The van der Waals surface area contributed by atoms with E-state index < -0.39 is 10.0 Å². The minimum absolute atomic E-state index is 0.208. The van der Waals surface area contributed by atoms with Crippen molar-refractivity contribution in [3.63, 3.8) is 0 Å². The molecule has 2 aromatic carbocycles. The molecule has 144 valence electrons. The van der Waals surface area contributed by atoms with Crippen LogP contribution >= 0.6 is 0 Å². The fraction of sp³-hybridized carbons (Fsp3) is 0.190. The van der Waals surface area contributed by atoms with E-state index in [1.165, 1.54) is 6.26 Å². The van der Waals surface area contributed by atoms with E-state index in [1.54, 1.807) is 47.4 Å². The highest BCUT2D eigenvalue weighted by molar-refractivity contribution is 7.92. The number of sulfonamides is 1. The summed E-state index contributed by atoms with van der Waals surface area (Å²) in [5.41, 5.74) is 4.04. The molecule has 0 fully saturated rings. The molecule has 28 heavy (non-hydrogen) atoms. The van der Waals surface area contributed by atoms with Crippen LogP contribution in [0.2, 0.25) is 0 Å². The molecule has 3 aromatic rings. The zero-order chi connectivity index (χ0) is 19.9. The molecule has 2 heterocycles. The number of aryl methyl sites for hydroxylation is 2. The Morgan fingerprint density at radius 2 is 1.89 bits per heavy atom. The van der Waals surface area contributed by atoms with Gasteiger partial charge < -0.3 is 9.32 Å². The second-order valence-corrected chi connectivity index (χ2v) is 8.56. The summed E-state index contributed by atoms with van der Waals surface area (Å²) in [6.45, 7) is 4.34. The SMILES string of the molecule is Cc1ccc(S(=O)(=O)Nc2ccc3c(c2)N(C(=O)c2ccco2)CC3)cc1C. The van der Waals surface area contributed by atoms with Gasteiger partial charge in [-0.3, -0.25) is 9.52 Å². The molecule has 0 spiro atoms. The van der Waals surface area contributed by atoms with Gasteiger partial charge in [0.25, 0.3) is 15.9 Å². The van der Waals surface area contributed by atoms with Crippen LogP contribution in [0.5, 0.6) is 0 Å². The van der Waals surface area contributed by atoms with E-state index >= 15 is 0 Å². The molecule has 1 aliphatic rings. The first-order valence-corrected chi connectivity index (χ1v) is 10.4. The van der Waals surface area contributed by atoms with Crippen molar-refractivity contribution in [2.75, 3.05) is 16.2 Å². The number of furan rings is 1. The Bertz CT molecular complexity index is 1150. The molecule has 1 N–H and O–H groups in total. The molecule has 1 aliphatic heterocycles. The van der Waals surface area contributed by atoms with Crippen LogP contribution in [-0.4, -0.2) is 20.9 Å². The number of anilines is 2. The van der Waals surface area contributed by atoms with Gasteiger partial charge in [0.1, 0.15) is 0 Å². The maximum absolute atomic E-state index is 12.8. The summed E-state index contributed by atoms with van der Waals surface area (Å²) in [6, 6.07) is 13.6. The summed E-state index contributed by atoms with van der Waals surface area (Å²) in [6.07, 6.45) is 2.17. The van der Waals surface area contributed by atoms with Crippen LogP contribution in [0, 0.1) is 13.8 Å². The fourth-order valence-electron chi connectivity index (χ4n) is 3.28. The standard InChI is InChI=1S/C21H20N2O4S/c1-14-5-8-18(12-15(14)2)28(25,26)22-17-7-6-16-9-10-23(19(16)13-17)21(24)20-4-3-11-27-20/h3-8,11-13,22H,9-10H2,1-2H3. The zero-order valence-corrected chi connectivity index (χ0v) is 16.4. The number of benzene rings is 2. The zero-order valence-electron chi connectivity index (χ0n) is 15.6. The topological polar surface area (TPSA) is 79.6 Å². The molecule has 1 amide bonds. The second kappa shape index (κ2) is 6.83. The molecule has 1 aromatic heterocycles. The first-order valence-electron chi connectivity index (χ1n) is 8.93. The number of amides is 1. The van der Waals surface area contributed by atoms with Crippen molar-refractivity contribution in [2.45, 2.75) is 25.2 Å². The molecular formula is C21H20N2O4S. The van der Waals surface area contributed by atoms with E-state index in [-0.39, 0.29) is 16.6 Å². The van der Waals surface area contributed by atoms with Crippen molar-refractivity contribution >= 4 is 27.3 Å². The van der Waals surface area contributed by atoms with Gasteiger partial charge in [0.2, 0.25) is 0 Å². The van der Waals surface area contributed by atoms with Crippen LogP contribution in [0.4, 0.5) is 11.4 Å². The minimum atomic E-state index is -3.72. The molecule has 7 heteroatoms. The Labute approximate surface area is 163 Å². The smallest absolute Gasteiger partial charge is 0.293 e. The van der Waals surface area contributed by atoms with E-state index in [9.17, 15) is 13.2 Å². The van der Waals surface area contributed by atoms with Gasteiger partial charge in [-0.1, -0.05) is 12.1 Å². The number of rotatable bonds is 4. The highest BCUT2D eigenvalue weighted by Crippen LogP contribution is 2.33. The van der Waals surface area contributed by atoms with Crippen LogP contribution in [0.15, 0.2) is 64.1 Å². The molecule has 0 aliphatic carbocycles. The van der Waals surface area contributed by atoms with Crippen molar-refractivity contribution in [2.24, 2.45) is 0 Å². The Morgan fingerprint density at radius 1 is 1.07 bits per heavy atom. The average Bonchev–Trinajstić information content (AvgIpc) is 3.32. The number of carbonyl (C=O) groups excluding carboxylic acids is 1. The Kier molecular flexibility index (Phi) is 4.47. The number of carbonyl (C=O) groups is 1. The summed E-state index contributed by atoms with van der Waals surface area (Å²) in [5, 5.41) is 0. The fourth-order valence-corrected chi connectivity index (χ4v) is 4.42. The third-order valence-corrected chi connectivity index (χ3v) is 6.38. The molecule has 0 bridgehead atoms. The van der Waals surface area contributed by atoms with E-state index in [1.807, 2.05) is 19.9 Å². The van der Waals surface area contributed by atoms with Crippen LogP contribution in [0.1, 0.15) is 27.2 Å². The van der Waals surface area contributed by atoms with Gasteiger partial charge in [-0.05, 0) is 73.4 Å². The van der Waals surface area contributed by atoms with Gasteiger partial charge in [0, 0.05) is 12.2 Å². The lowest BCUT2D eigenvalue weighted by molar-refractivity contribution is 0.0963. The first kappa shape index (κ1) is 18.3. The largest absolute Gasteiger partial charge is 0.459 e. The predicted octanol–water partition coefficient (Wildman–Crippen LogP) is 3.90. The molecule has 0 radical (unpaired) electrons. The Balaban J connectivity index is 1.63. The van der Waals surface area contributed by atoms with E-state index in [0.29, 0.717) is 24.3 Å².